The first kappa shape index (κ1) is 16.5. The quantitative estimate of drug-likeness (QED) is 0.832. The highest BCUT2D eigenvalue weighted by atomic mass is 16.5. The van der Waals surface area contributed by atoms with Gasteiger partial charge in [0.05, 0.1) is 0 Å². The molecule has 0 spiro atoms. The van der Waals surface area contributed by atoms with Crippen LogP contribution >= 0.6 is 0 Å². The first-order valence-electron chi connectivity index (χ1n) is 7.63. The van der Waals surface area contributed by atoms with Crippen molar-refractivity contribution in [3.05, 3.63) is 11.7 Å². The molecule has 2 heterocycles. The highest BCUT2D eigenvalue weighted by Crippen LogP contribution is 2.19. The zero-order chi connectivity index (χ0) is 16.3. The molecule has 0 unspecified atom stereocenters. The molecule has 0 bridgehead atoms. The first-order chi connectivity index (χ1) is 10.3. The van der Waals surface area contributed by atoms with E-state index in [0.29, 0.717) is 50.7 Å². The van der Waals surface area contributed by atoms with E-state index in [1.165, 1.54) is 0 Å². The number of rotatable bonds is 3. The second kappa shape index (κ2) is 6.46. The number of aromatic nitrogens is 2. The molecule has 22 heavy (non-hydrogen) atoms. The van der Waals surface area contributed by atoms with Gasteiger partial charge in [0.25, 0.3) is 0 Å². The van der Waals surface area contributed by atoms with Crippen molar-refractivity contribution in [1.29, 1.82) is 0 Å². The minimum Gasteiger partial charge on any atom is -0.339 e. The standard InChI is InChI=1S/C15H24N4O3/c1-11(20)18-7-9-19(10-8-18)13(21)6-5-12-16-14(17-22-12)15(2,3)4/h5-10H2,1-4H3. The Morgan fingerprint density at radius 3 is 2.23 bits per heavy atom. The third kappa shape index (κ3) is 4.05. The highest BCUT2D eigenvalue weighted by Gasteiger charge is 2.24. The van der Waals surface area contributed by atoms with Gasteiger partial charge in [-0.25, -0.2) is 0 Å². The number of amides is 2. The maximum Gasteiger partial charge on any atom is 0.227 e. The fourth-order valence-corrected chi connectivity index (χ4v) is 2.30. The van der Waals surface area contributed by atoms with Crippen molar-refractivity contribution in [2.45, 2.75) is 46.0 Å². The lowest BCUT2D eigenvalue weighted by atomic mass is 9.96. The summed E-state index contributed by atoms with van der Waals surface area (Å²) in [5.41, 5.74) is -0.158. The molecular weight excluding hydrogens is 284 g/mol. The van der Waals surface area contributed by atoms with Gasteiger partial charge in [0.15, 0.2) is 5.82 Å². The summed E-state index contributed by atoms with van der Waals surface area (Å²) in [5, 5.41) is 3.95. The van der Waals surface area contributed by atoms with Crippen LogP contribution in [0.25, 0.3) is 0 Å². The number of piperazine rings is 1. The summed E-state index contributed by atoms with van der Waals surface area (Å²) < 4.78 is 5.19. The molecular formula is C15H24N4O3. The molecule has 1 aliphatic heterocycles. The Balaban J connectivity index is 1.81. The Hall–Kier alpha value is -1.92. The molecule has 0 N–H and O–H groups in total. The summed E-state index contributed by atoms with van der Waals surface area (Å²) in [6.45, 7) is 10.0. The minimum absolute atomic E-state index is 0.0627. The van der Waals surface area contributed by atoms with E-state index in [1.807, 2.05) is 20.8 Å². The van der Waals surface area contributed by atoms with Gasteiger partial charge < -0.3 is 14.3 Å². The molecule has 2 rings (SSSR count). The van der Waals surface area contributed by atoms with Crippen LogP contribution in [0.4, 0.5) is 0 Å². The van der Waals surface area contributed by atoms with Gasteiger partial charge in [-0.05, 0) is 0 Å². The fourth-order valence-electron chi connectivity index (χ4n) is 2.30. The Morgan fingerprint density at radius 2 is 1.73 bits per heavy atom. The predicted molar refractivity (Wildman–Crippen MR) is 80.2 cm³/mol. The molecule has 0 saturated carbocycles. The molecule has 1 aliphatic rings. The zero-order valence-electron chi connectivity index (χ0n) is 13.8. The first-order valence-corrected chi connectivity index (χ1v) is 7.63. The summed E-state index contributed by atoms with van der Waals surface area (Å²) in [4.78, 5) is 31.3. The van der Waals surface area contributed by atoms with Crippen molar-refractivity contribution in [2.24, 2.45) is 0 Å². The van der Waals surface area contributed by atoms with Crippen LogP contribution in [-0.4, -0.2) is 57.9 Å². The molecule has 122 valence electrons. The summed E-state index contributed by atoms with van der Waals surface area (Å²) in [7, 11) is 0. The van der Waals surface area contributed by atoms with E-state index in [4.69, 9.17) is 4.52 Å². The van der Waals surface area contributed by atoms with Gasteiger partial charge in [-0.3, -0.25) is 9.59 Å². The van der Waals surface area contributed by atoms with Crippen LogP contribution in [0.2, 0.25) is 0 Å². The Labute approximate surface area is 130 Å². The van der Waals surface area contributed by atoms with E-state index >= 15 is 0 Å². The van der Waals surface area contributed by atoms with Crippen LogP contribution in [0.5, 0.6) is 0 Å². The Bertz CT molecular complexity index is 539. The number of aryl methyl sites for hydroxylation is 1. The SMILES string of the molecule is CC(=O)N1CCN(C(=O)CCc2nc(C(C)(C)C)no2)CC1. The molecule has 0 aromatic carbocycles. The molecule has 7 nitrogen and oxygen atoms in total. The second-order valence-corrected chi connectivity index (χ2v) is 6.65. The molecule has 1 aromatic heterocycles. The van der Waals surface area contributed by atoms with Crippen LogP contribution in [0, 0.1) is 0 Å². The number of carbonyl (C=O) groups is 2. The Kier molecular flexibility index (Phi) is 4.83. The minimum atomic E-state index is -0.158. The van der Waals surface area contributed by atoms with Gasteiger partial charge in [0, 0.05) is 51.4 Å². The topological polar surface area (TPSA) is 79.5 Å². The van der Waals surface area contributed by atoms with Crippen LogP contribution < -0.4 is 0 Å². The van der Waals surface area contributed by atoms with Crippen LogP contribution in [0.15, 0.2) is 4.52 Å². The van der Waals surface area contributed by atoms with E-state index in [2.05, 4.69) is 10.1 Å². The number of hydrogen-bond donors (Lipinski definition) is 0. The van der Waals surface area contributed by atoms with Crippen molar-refractivity contribution in [3.8, 4) is 0 Å². The summed E-state index contributed by atoms with van der Waals surface area (Å²) >= 11 is 0. The summed E-state index contributed by atoms with van der Waals surface area (Å²) in [6, 6.07) is 0. The van der Waals surface area contributed by atoms with E-state index < -0.39 is 0 Å². The maximum absolute atomic E-state index is 12.2. The van der Waals surface area contributed by atoms with Crippen molar-refractivity contribution in [3.63, 3.8) is 0 Å². The molecule has 1 fully saturated rings. The normalized spacial score (nSPS) is 16.0. The van der Waals surface area contributed by atoms with Crippen LogP contribution in [-0.2, 0) is 21.4 Å². The molecule has 0 atom stereocenters. The molecule has 0 radical (unpaired) electrons. The van der Waals surface area contributed by atoms with Crippen LogP contribution in [0.3, 0.4) is 0 Å². The van der Waals surface area contributed by atoms with Gasteiger partial charge in [0.1, 0.15) is 0 Å². The van der Waals surface area contributed by atoms with E-state index in [-0.39, 0.29) is 17.2 Å². The van der Waals surface area contributed by atoms with Gasteiger partial charge in [0.2, 0.25) is 17.7 Å². The van der Waals surface area contributed by atoms with Crippen molar-refractivity contribution in [1.82, 2.24) is 19.9 Å². The predicted octanol–water partition coefficient (Wildman–Crippen LogP) is 0.990. The molecule has 2 amide bonds. The Morgan fingerprint density at radius 1 is 1.14 bits per heavy atom. The van der Waals surface area contributed by atoms with Crippen LogP contribution in [0.1, 0.15) is 45.8 Å². The second-order valence-electron chi connectivity index (χ2n) is 6.65. The van der Waals surface area contributed by atoms with Gasteiger partial charge in [-0.15, -0.1) is 0 Å². The van der Waals surface area contributed by atoms with Crippen molar-refractivity contribution in [2.75, 3.05) is 26.2 Å². The van der Waals surface area contributed by atoms with Crippen molar-refractivity contribution >= 4 is 11.8 Å². The summed E-state index contributed by atoms with van der Waals surface area (Å²) in [5.74, 6) is 1.29. The third-order valence-corrected chi connectivity index (χ3v) is 3.77. The molecule has 7 heteroatoms. The maximum atomic E-state index is 12.2. The van der Waals surface area contributed by atoms with E-state index in [9.17, 15) is 9.59 Å². The van der Waals surface area contributed by atoms with E-state index in [0.717, 1.165) is 0 Å². The van der Waals surface area contributed by atoms with Gasteiger partial charge in [-0.2, -0.15) is 4.98 Å². The highest BCUT2D eigenvalue weighted by molar-refractivity contribution is 5.77. The average Bonchev–Trinajstić information content (AvgIpc) is 2.94. The summed E-state index contributed by atoms with van der Waals surface area (Å²) in [6.07, 6.45) is 0.806. The fraction of sp³-hybridized carbons (Fsp3) is 0.733. The average molecular weight is 308 g/mol. The van der Waals surface area contributed by atoms with Crippen molar-refractivity contribution < 1.29 is 14.1 Å². The lowest BCUT2D eigenvalue weighted by molar-refractivity contribution is -0.138. The van der Waals surface area contributed by atoms with E-state index in [1.54, 1.807) is 16.7 Å². The van der Waals surface area contributed by atoms with Gasteiger partial charge in [-0.1, -0.05) is 25.9 Å². The number of hydrogen-bond acceptors (Lipinski definition) is 5. The zero-order valence-corrected chi connectivity index (χ0v) is 13.8. The lowest BCUT2D eigenvalue weighted by Crippen LogP contribution is -2.50. The number of nitrogens with zero attached hydrogens (tertiary/aromatic N) is 4. The largest absolute Gasteiger partial charge is 0.339 e. The molecule has 1 saturated heterocycles. The monoisotopic (exact) mass is 308 g/mol. The lowest BCUT2D eigenvalue weighted by Gasteiger charge is -2.34. The smallest absolute Gasteiger partial charge is 0.227 e. The molecule has 0 aliphatic carbocycles. The third-order valence-electron chi connectivity index (χ3n) is 3.77. The van der Waals surface area contributed by atoms with Gasteiger partial charge >= 0.3 is 0 Å². The number of carbonyl (C=O) groups excluding carboxylic acids is 2. The molecule has 1 aromatic rings.